The molecule has 226 valence electrons. The summed E-state index contributed by atoms with van der Waals surface area (Å²) in [6, 6.07) is 26.5. The van der Waals surface area contributed by atoms with E-state index in [0.717, 1.165) is 53.9 Å². The predicted octanol–water partition coefficient (Wildman–Crippen LogP) is 5.43. The molecule has 1 fully saturated rings. The van der Waals surface area contributed by atoms with Crippen LogP contribution in [-0.4, -0.2) is 60.1 Å². The van der Waals surface area contributed by atoms with Crippen molar-refractivity contribution in [2.75, 3.05) is 31.5 Å². The monoisotopic (exact) mass is 591 g/mol. The number of carbonyl (C=O) groups excluding carboxylic acids is 3. The second-order valence-electron chi connectivity index (χ2n) is 10.8. The van der Waals surface area contributed by atoms with Crippen LogP contribution in [0, 0.1) is 6.92 Å². The lowest BCUT2D eigenvalue weighted by molar-refractivity contribution is 0.0587. The minimum Gasteiger partial charge on any atom is -0.446 e. The van der Waals surface area contributed by atoms with E-state index in [9.17, 15) is 14.4 Å². The molecular weight excluding hydrogens is 554 g/mol. The molecule has 1 saturated heterocycles. The molecule has 0 saturated carbocycles. The van der Waals surface area contributed by atoms with Crippen molar-refractivity contribution in [2.45, 2.75) is 32.4 Å². The highest BCUT2D eigenvalue weighted by atomic mass is 16.6. The number of likely N-dealkylation sites (tertiary alicyclic amines) is 1. The van der Waals surface area contributed by atoms with Crippen LogP contribution >= 0.6 is 0 Å². The maximum atomic E-state index is 12.8. The Morgan fingerprint density at radius 2 is 1.59 bits per heavy atom. The van der Waals surface area contributed by atoms with E-state index < -0.39 is 6.09 Å². The Morgan fingerprint density at radius 3 is 2.34 bits per heavy atom. The zero-order chi connectivity index (χ0) is 30.7. The SMILES string of the molecule is Cc1cc(CNC(=O)c2ccncc2)ccc1C(=O)NCCN1CCC(OC(=O)Nc2ccccc2-c2ccccc2)CC1. The number of aromatic nitrogens is 1. The van der Waals surface area contributed by atoms with Gasteiger partial charge in [-0.1, -0.05) is 60.7 Å². The first-order valence-corrected chi connectivity index (χ1v) is 14.9. The van der Waals surface area contributed by atoms with Crippen molar-refractivity contribution in [1.29, 1.82) is 0 Å². The molecular formula is C35H37N5O4. The standard InChI is InChI=1S/C35H37N5O4/c1-25-23-26(24-38-33(41)28-13-17-36-18-14-28)11-12-30(25)34(42)37-19-22-40-20-15-29(16-21-40)44-35(43)39-32-10-6-5-9-31(32)27-7-3-2-4-8-27/h2-14,17-18,23,29H,15-16,19-22,24H2,1H3,(H,37,42)(H,38,41)(H,39,43). The summed E-state index contributed by atoms with van der Waals surface area (Å²) >= 11 is 0. The van der Waals surface area contributed by atoms with Gasteiger partial charge in [-0.05, 0) is 60.7 Å². The molecule has 9 nitrogen and oxygen atoms in total. The number of piperidine rings is 1. The van der Waals surface area contributed by atoms with Gasteiger partial charge in [0.05, 0.1) is 5.69 Å². The summed E-state index contributed by atoms with van der Waals surface area (Å²) < 4.78 is 5.74. The van der Waals surface area contributed by atoms with Gasteiger partial charge in [0.25, 0.3) is 11.8 Å². The molecule has 0 bridgehead atoms. The number of hydrogen-bond acceptors (Lipinski definition) is 6. The Kier molecular flexibility index (Phi) is 10.3. The van der Waals surface area contributed by atoms with E-state index in [-0.39, 0.29) is 17.9 Å². The molecule has 0 aliphatic carbocycles. The number of anilines is 1. The quantitative estimate of drug-likeness (QED) is 0.227. The number of pyridine rings is 1. The maximum absolute atomic E-state index is 12.8. The number of para-hydroxylation sites is 1. The van der Waals surface area contributed by atoms with Crippen LogP contribution in [0.4, 0.5) is 10.5 Å². The number of rotatable bonds is 10. The third-order valence-corrected chi connectivity index (χ3v) is 7.70. The van der Waals surface area contributed by atoms with E-state index in [1.165, 1.54) is 0 Å². The molecule has 1 aliphatic rings. The fourth-order valence-corrected chi connectivity index (χ4v) is 5.30. The number of nitrogens with zero attached hydrogens (tertiary/aromatic N) is 2. The molecule has 4 aromatic rings. The molecule has 5 rings (SSSR count). The highest BCUT2D eigenvalue weighted by molar-refractivity contribution is 5.96. The first kappa shape index (κ1) is 30.4. The zero-order valence-corrected chi connectivity index (χ0v) is 24.8. The van der Waals surface area contributed by atoms with Gasteiger partial charge < -0.3 is 20.3 Å². The fraction of sp³-hybridized carbons (Fsp3) is 0.257. The molecule has 1 aliphatic heterocycles. The van der Waals surface area contributed by atoms with Crippen molar-refractivity contribution in [3.63, 3.8) is 0 Å². The molecule has 3 aromatic carbocycles. The van der Waals surface area contributed by atoms with Crippen LogP contribution < -0.4 is 16.0 Å². The van der Waals surface area contributed by atoms with E-state index in [2.05, 4.69) is 25.8 Å². The second-order valence-corrected chi connectivity index (χ2v) is 10.8. The van der Waals surface area contributed by atoms with Crippen LogP contribution in [0.3, 0.4) is 0 Å². The minimum absolute atomic E-state index is 0.124. The van der Waals surface area contributed by atoms with Crippen LogP contribution in [0.1, 0.15) is 44.7 Å². The van der Waals surface area contributed by atoms with Gasteiger partial charge >= 0.3 is 6.09 Å². The van der Waals surface area contributed by atoms with Gasteiger partial charge in [-0.15, -0.1) is 0 Å². The summed E-state index contributed by atoms with van der Waals surface area (Å²) in [4.78, 5) is 44.0. The van der Waals surface area contributed by atoms with Crippen LogP contribution in [0.15, 0.2) is 97.3 Å². The summed E-state index contributed by atoms with van der Waals surface area (Å²) in [5.74, 6) is -0.295. The smallest absolute Gasteiger partial charge is 0.411 e. The third kappa shape index (κ3) is 8.29. The van der Waals surface area contributed by atoms with Gasteiger partial charge in [0.15, 0.2) is 0 Å². The lowest BCUT2D eigenvalue weighted by Crippen LogP contribution is -2.42. The Morgan fingerprint density at radius 1 is 0.864 bits per heavy atom. The van der Waals surface area contributed by atoms with Crippen molar-refractivity contribution in [1.82, 2.24) is 20.5 Å². The van der Waals surface area contributed by atoms with E-state index in [4.69, 9.17) is 4.74 Å². The van der Waals surface area contributed by atoms with E-state index in [0.29, 0.717) is 30.8 Å². The van der Waals surface area contributed by atoms with Crippen molar-refractivity contribution in [3.8, 4) is 11.1 Å². The molecule has 2 heterocycles. The lowest BCUT2D eigenvalue weighted by atomic mass is 10.0. The van der Waals surface area contributed by atoms with Crippen LogP contribution in [0.2, 0.25) is 0 Å². The number of amides is 3. The summed E-state index contributed by atoms with van der Waals surface area (Å²) in [6.45, 7) is 5.06. The maximum Gasteiger partial charge on any atom is 0.411 e. The Bertz CT molecular complexity index is 1570. The van der Waals surface area contributed by atoms with Gasteiger partial charge in [-0.3, -0.25) is 19.9 Å². The molecule has 44 heavy (non-hydrogen) atoms. The fourth-order valence-electron chi connectivity index (χ4n) is 5.30. The number of carbonyl (C=O) groups is 3. The summed E-state index contributed by atoms with van der Waals surface area (Å²) in [7, 11) is 0. The predicted molar refractivity (Wildman–Crippen MR) is 170 cm³/mol. The number of benzene rings is 3. The Hall–Kier alpha value is -5.02. The van der Waals surface area contributed by atoms with Gasteiger partial charge in [-0.2, -0.15) is 0 Å². The second kappa shape index (κ2) is 14.9. The average Bonchev–Trinajstić information content (AvgIpc) is 3.05. The highest BCUT2D eigenvalue weighted by Crippen LogP contribution is 2.28. The van der Waals surface area contributed by atoms with Crippen molar-refractivity contribution in [2.24, 2.45) is 0 Å². The summed E-state index contributed by atoms with van der Waals surface area (Å²) in [5, 5.41) is 8.82. The van der Waals surface area contributed by atoms with Gasteiger partial charge in [0, 0.05) is 61.8 Å². The Balaban J connectivity index is 1.01. The lowest BCUT2D eigenvalue weighted by Gasteiger charge is -2.31. The molecule has 0 spiro atoms. The molecule has 9 heteroatoms. The van der Waals surface area contributed by atoms with E-state index in [1.807, 2.05) is 73.7 Å². The van der Waals surface area contributed by atoms with Crippen molar-refractivity contribution in [3.05, 3.63) is 120 Å². The van der Waals surface area contributed by atoms with Crippen LogP contribution in [0.25, 0.3) is 11.1 Å². The number of hydrogen-bond donors (Lipinski definition) is 3. The van der Waals surface area contributed by atoms with Crippen LogP contribution in [-0.2, 0) is 11.3 Å². The Labute approximate surface area is 257 Å². The normalized spacial score (nSPS) is 13.6. The molecule has 0 unspecified atom stereocenters. The van der Waals surface area contributed by atoms with Crippen molar-refractivity contribution < 1.29 is 19.1 Å². The number of ether oxygens (including phenoxy) is 1. The van der Waals surface area contributed by atoms with Crippen molar-refractivity contribution >= 4 is 23.6 Å². The first-order valence-electron chi connectivity index (χ1n) is 14.9. The van der Waals surface area contributed by atoms with Gasteiger partial charge in [-0.25, -0.2) is 4.79 Å². The van der Waals surface area contributed by atoms with Crippen LogP contribution in [0.5, 0.6) is 0 Å². The number of aryl methyl sites for hydroxylation is 1. The highest BCUT2D eigenvalue weighted by Gasteiger charge is 2.23. The summed E-state index contributed by atoms with van der Waals surface area (Å²) in [6.07, 6.45) is 4.04. The largest absolute Gasteiger partial charge is 0.446 e. The first-order chi connectivity index (χ1) is 21.5. The molecule has 0 radical (unpaired) electrons. The van der Waals surface area contributed by atoms with E-state index in [1.54, 1.807) is 30.6 Å². The third-order valence-electron chi connectivity index (χ3n) is 7.70. The molecule has 3 N–H and O–H groups in total. The topological polar surface area (TPSA) is 113 Å². The van der Waals surface area contributed by atoms with Gasteiger partial charge in [0.2, 0.25) is 0 Å². The minimum atomic E-state index is -0.448. The zero-order valence-electron chi connectivity index (χ0n) is 24.8. The summed E-state index contributed by atoms with van der Waals surface area (Å²) in [5.41, 5.74) is 5.62. The van der Waals surface area contributed by atoms with Gasteiger partial charge in [0.1, 0.15) is 6.10 Å². The number of nitrogens with one attached hydrogen (secondary N) is 3. The average molecular weight is 592 g/mol. The molecule has 0 atom stereocenters. The van der Waals surface area contributed by atoms with E-state index >= 15 is 0 Å². The molecule has 3 amide bonds. The molecule has 1 aromatic heterocycles.